The lowest BCUT2D eigenvalue weighted by molar-refractivity contribution is -0.959. The average molecular weight is 376 g/mol. The smallest absolute Gasteiger partial charge is 0.310 e. The molecule has 0 heterocycles. The van der Waals surface area contributed by atoms with E-state index in [2.05, 4.69) is 0 Å². The van der Waals surface area contributed by atoms with E-state index in [4.69, 9.17) is 20.4 Å². The molecule has 0 saturated heterocycles. The van der Waals surface area contributed by atoms with Crippen molar-refractivity contribution in [1.82, 2.24) is 0 Å². The van der Waals surface area contributed by atoms with E-state index in [1.807, 2.05) is 6.07 Å². The van der Waals surface area contributed by atoms with Crippen molar-refractivity contribution >= 4 is 11.8 Å². The van der Waals surface area contributed by atoms with Crippen molar-refractivity contribution in [3.63, 3.8) is 0 Å². The molecule has 27 heavy (non-hydrogen) atoms. The van der Waals surface area contributed by atoms with E-state index < -0.39 is 11.9 Å². The van der Waals surface area contributed by atoms with Crippen LogP contribution < -0.4 is 0 Å². The van der Waals surface area contributed by atoms with E-state index in [0.29, 0.717) is 16.7 Å². The fourth-order valence-corrected chi connectivity index (χ4v) is 1.98. The molecule has 0 amide bonds. The van der Waals surface area contributed by atoms with Crippen LogP contribution in [-0.4, -0.2) is 63.9 Å². The summed E-state index contributed by atoms with van der Waals surface area (Å²) in [6, 6.07) is 15.7. The van der Waals surface area contributed by atoms with Gasteiger partial charge in [0, 0.05) is 11.1 Å². The lowest BCUT2D eigenvalue weighted by Crippen LogP contribution is -2.46. The molecule has 0 bridgehead atoms. The molecule has 4 N–H and O–H groups in total. The number of nitrogens with zero attached hydrogens (tertiary/aromatic N) is 1. The minimum absolute atomic E-state index is 0.0972. The number of benzene rings is 2. The molecule has 0 aliphatic rings. The van der Waals surface area contributed by atoms with Crippen LogP contribution >= 0.6 is 0 Å². The van der Waals surface area contributed by atoms with Gasteiger partial charge in [-0.3, -0.25) is 14.1 Å². The normalized spacial score (nSPS) is 11.9. The fourth-order valence-electron chi connectivity index (χ4n) is 1.98. The number of carbonyl (C=O) groups excluding carboxylic acids is 1. The van der Waals surface area contributed by atoms with E-state index in [1.54, 1.807) is 62.5 Å². The van der Waals surface area contributed by atoms with Gasteiger partial charge < -0.3 is 20.4 Å². The van der Waals surface area contributed by atoms with Gasteiger partial charge in [-0.1, -0.05) is 48.5 Å². The fraction of sp³-hybridized carbons (Fsp3) is 0.300. The number of ketones is 1. The third-order valence-corrected chi connectivity index (χ3v) is 4.08. The highest BCUT2D eigenvalue weighted by Crippen LogP contribution is 2.18. The van der Waals surface area contributed by atoms with Crippen molar-refractivity contribution in [3.8, 4) is 0 Å². The Bertz CT molecular complexity index is 735. The number of aliphatic hydroxyl groups excluding tert-OH is 3. The Labute approximate surface area is 158 Å². The molecule has 2 aromatic rings. The van der Waals surface area contributed by atoms with Crippen LogP contribution in [-0.2, 0) is 4.79 Å². The highest BCUT2D eigenvalue weighted by Gasteiger charge is 2.16. The maximum atomic E-state index is 12.2. The molecule has 2 rings (SSSR count). The monoisotopic (exact) mass is 376 g/mol. The number of hydrogen-bond donors (Lipinski definition) is 4. The Balaban J connectivity index is 0.000000387. The molecule has 0 aliphatic carbocycles. The Morgan fingerprint density at radius 3 is 1.85 bits per heavy atom. The highest BCUT2D eigenvalue weighted by atomic mass is 16.4. The van der Waals surface area contributed by atoms with Crippen molar-refractivity contribution in [2.45, 2.75) is 12.8 Å². The number of quaternary nitrogens is 1. The third-order valence-electron chi connectivity index (χ3n) is 4.08. The minimum atomic E-state index is -0.899. The third kappa shape index (κ3) is 6.58. The van der Waals surface area contributed by atoms with Crippen molar-refractivity contribution in [2.24, 2.45) is 0 Å². The van der Waals surface area contributed by atoms with Crippen LogP contribution in [0.5, 0.6) is 0 Å². The molecule has 1 atom stereocenters. The molecule has 0 fully saturated rings. The van der Waals surface area contributed by atoms with Gasteiger partial charge in [0.1, 0.15) is 0 Å². The summed E-state index contributed by atoms with van der Waals surface area (Å²) in [5, 5.41) is 34.3. The first kappa shape index (κ1) is 22.5. The van der Waals surface area contributed by atoms with E-state index >= 15 is 0 Å². The van der Waals surface area contributed by atoms with Crippen LogP contribution in [0.15, 0.2) is 54.6 Å². The molecular formula is C20H26NO6+. The topological polar surface area (TPSA) is 115 Å². The molecule has 2 aromatic carbocycles. The second kappa shape index (κ2) is 10.5. The minimum Gasteiger partial charge on any atom is -0.481 e. The summed E-state index contributed by atoms with van der Waals surface area (Å²) in [7, 11) is 1.54. The first-order valence-corrected chi connectivity index (χ1v) is 8.36. The van der Waals surface area contributed by atoms with Gasteiger partial charge in [0.15, 0.2) is 26.0 Å². The first-order chi connectivity index (χ1) is 12.8. The second-order valence-electron chi connectivity index (χ2n) is 6.42. The van der Waals surface area contributed by atoms with Crippen molar-refractivity contribution in [2.75, 3.05) is 27.2 Å². The largest absolute Gasteiger partial charge is 0.481 e. The summed E-state index contributed by atoms with van der Waals surface area (Å²) in [5.74, 6) is -1.62. The zero-order valence-electron chi connectivity index (χ0n) is 15.4. The van der Waals surface area contributed by atoms with Crippen LogP contribution in [0.25, 0.3) is 0 Å². The van der Waals surface area contributed by atoms with Gasteiger partial charge in [-0.05, 0) is 18.6 Å². The molecule has 0 spiro atoms. The number of aliphatic hydroxyl groups is 3. The molecule has 7 heteroatoms. The van der Waals surface area contributed by atoms with Crippen LogP contribution in [0.4, 0.5) is 0 Å². The maximum Gasteiger partial charge on any atom is 0.310 e. The Kier molecular flexibility index (Phi) is 8.77. The number of hydrogen-bond acceptors (Lipinski definition) is 5. The van der Waals surface area contributed by atoms with Gasteiger partial charge in [0.05, 0.1) is 13.0 Å². The first-order valence-electron chi connectivity index (χ1n) is 8.36. The second-order valence-corrected chi connectivity index (χ2v) is 6.42. The molecule has 1 unspecified atom stereocenters. The van der Waals surface area contributed by atoms with E-state index in [9.17, 15) is 9.59 Å². The molecule has 146 valence electrons. The summed E-state index contributed by atoms with van der Waals surface area (Å²) in [6.45, 7) is 0.876. The summed E-state index contributed by atoms with van der Waals surface area (Å²) < 4.78 is -0.125. The van der Waals surface area contributed by atoms with Gasteiger partial charge in [0.25, 0.3) is 0 Å². The number of carboxylic acid groups (broad SMARTS) is 1. The Morgan fingerprint density at radius 2 is 1.41 bits per heavy atom. The summed E-state index contributed by atoms with van der Waals surface area (Å²) in [6.07, 6.45) is 0. The Morgan fingerprint density at radius 1 is 0.889 bits per heavy atom. The van der Waals surface area contributed by atoms with Gasteiger partial charge in [-0.2, -0.15) is 0 Å². The molecular weight excluding hydrogens is 350 g/mol. The zero-order chi connectivity index (χ0) is 20.4. The van der Waals surface area contributed by atoms with Crippen molar-refractivity contribution in [3.05, 3.63) is 71.3 Å². The van der Waals surface area contributed by atoms with Crippen LogP contribution in [0.1, 0.15) is 34.3 Å². The summed E-state index contributed by atoms with van der Waals surface area (Å²) in [4.78, 5) is 23.2. The van der Waals surface area contributed by atoms with Crippen molar-refractivity contribution in [1.29, 1.82) is 0 Å². The van der Waals surface area contributed by atoms with Gasteiger partial charge in [0.2, 0.25) is 0 Å². The average Bonchev–Trinajstić information content (AvgIpc) is 2.73. The zero-order valence-corrected chi connectivity index (χ0v) is 15.4. The predicted octanol–water partition coefficient (Wildman–Crippen LogP) is 1.39. The van der Waals surface area contributed by atoms with Gasteiger partial charge >= 0.3 is 5.97 Å². The van der Waals surface area contributed by atoms with Crippen LogP contribution in [0, 0.1) is 0 Å². The lowest BCUT2D eigenvalue weighted by Gasteiger charge is -2.25. The maximum absolute atomic E-state index is 12.2. The number of carbonyl (C=O) groups is 2. The molecule has 0 radical (unpaired) electrons. The number of aliphatic carboxylic acids is 1. The molecule has 0 aliphatic heterocycles. The van der Waals surface area contributed by atoms with Gasteiger partial charge in [-0.15, -0.1) is 0 Å². The van der Waals surface area contributed by atoms with Crippen LogP contribution in [0.2, 0.25) is 0 Å². The van der Waals surface area contributed by atoms with Crippen molar-refractivity contribution < 1.29 is 34.5 Å². The molecule has 0 saturated carbocycles. The molecule has 0 aromatic heterocycles. The SMILES string of the molecule is CC(C(=O)O)c1cccc(C(=O)c2ccccc2)c1.C[N+](CO)(CO)CO. The van der Waals surface area contributed by atoms with E-state index in [1.165, 1.54) is 0 Å². The summed E-state index contributed by atoms with van der Waals surface area (Å²) >= 11 is 0. The van der Waals surface area contributed by atoms with Crippen LogP contribution in [0.3, 0.4) is 0 Å². The van der Waals surface area contributed by atoms with E-state index in [0.717, 1.165) is 0 Å². The standard InChI is InChI=1S/C16H14O3.C4H12NO3/c1-11(16(18)19)13-8-5-9-14(10-13)15(17)12-6-3-2-4-7-12;1-5(2-6,3-7)4-8/h2-11H,1H3,(H,18,19);6-8H,2-4H2,1H3/q;+1. The highest BCUT2D eigenvalue weighted by molar-refractivity contribution is 6.09. The van der Waals surface area contributed by atoms with Gasteiger partial charge in [-0.25, -0.2) is 0 Å². The lowest BCUT2D eigenvalue weighted by atomic mass is 9.96. The predicted molar refractivity (Wildman–Crippen MR) is 99.8 cm³/mol. The number of carboxylic acids is 1. The Hall–Kier alpha value is -2.58. The van der Waals surface area contributed by atoms with E-state index in [-0.39, 0.29) is 30.5 Å². The molecule has 7 nitrogen and oxygen atoms in total. The summed E-state index contributed by atoms with van der Waals surface area (Å²) in [5.41, 5.74) is 1.74. The quantitative estimate of drug-likeness (QED) is 0.330. The number of rotatable bonds is 7.